The smallest absolute Gasteiger partial charge is 0.408 e. The Kier molecular flexibility index (Phi) is 17.2. The molecule has 2 aromatic rings. The van der Waals surface area contributed by atoms with Crippen molar-refractivity contribution < 1.29 is 24.2 Å². The van der Waals surface area contributed by atoms with E-state index < -0.39 is 41.6 Å². The molecule has 0 bridgehead atoms. The van der Waals surface area contributed by atoms with Crippen molar-refractivity contribution in [2.45, 2.75) is 90.8 Å². The SMILES string of the molecule is C/C(I)=C\CC/C(C)=C/CC/C(C)=C/CSC[C@H](NC(=O)[C@H](NC(=O)OC(C)(C)C)C(c1ccccc1)c1ccccc1)C(=O)O. The maximum Gasteiger partial charge on any atom is 0.408 e. The number of hydrogen-bond donors (Lipinski definition) is 3. The van der Waals surface area contributed by atoms with Crippen molar-refractivity contribution in [3.8, 4) is 0 Å². The van der Waals surface area contributed by atoms with Crippen LogP contribution in [0.2, 0.25) is 0 Å². The van der Waals surface area contributed by atoms with Crippen LogP contribution < -0.4 is 10.6 Å². The van der Waals surface area contributed by atoms with E-state index in [1.165, 1.54) is 26.5 Å². The van der Waals surface area contributed by atoms with Gasteiger partial charge < -0.3 is 20.5 Å². The van der Waals surface area contributed by atoms with E-state index >= 15 is 0 Å². The van der Waals surface area contributed by atoms with Gasteiger partial charge in [0.2, 0.25) is 5.91 Å². The van der Waals surface area contributed by atoms with Gasteiger partial charge in [-0.15, -0.1) is 0 Å². The van der Waals surface area contributed by atoms with Crippen molar-refractivity contribution in [1.29, 1.82) is 0 Å². The standard InChI is InChI=1S/C37H49IN2O5S/c1-26(17-14-18-28(3)38)15-13-16-27(2)23-24-46-25-31(35(42)43)39-34(41)33(40-36(44)45-37(4,5)6)32(29-19-9-7-10-20-29)30-21-11-8-12-22-30/h7-12,15,18-23,31-33H,13-14,16-17,24-25H2,1-6H3,(H,39,41)(H,40,44)(H,42,43)/b26-15+,27-23+,28-18+/t31-,33+/m0/s1. The van der Waals surface area contributed by atoms with Gasteiger partial charge in [0.1, 0.15) is 17.7 Å². The maximum atomic E-state index is 13.9. The summed E-state index contributed by atoms with van der Waals surface area (Å²) in [4.78, 5) is 39.1. The molecule has 3 N–H and O–H groups in total. The molecule has 7 nitrogen and oxygen atoms in total. The number of allylic oxidation sites excluding steroid dienone is 5. The van der Waals surface area contributed by atoms with E-state index in [9.17, 15) is 19.5 Å². The van der Waals surface area contributed by atoms with Crippen molar-refractivity contribution >= 4 is 52.3 Å². The molecule has 0 aromatic heterocycles. The first-order valence-electron chi connectivity index (χ1n) is 15.6. The second kappa shape index (κ2) is 20.2. The molecule has 0 saturated heterocycles. The summed E-state index contributed by atoms with van der Waals surface area (Å²) in [5.74, 6) is -1.53. The van der Waals surface area contributed by atoms with E-state index in [0.717, 1.165) is 36.8 Å². The average Bonchev–Trinajstić information content (AvgIpc) is 2.98. The highest BCUT2D eigenvalue weighted by Gasteiger charge is 2.35. The molecule has 2 rings (SSSR count). The summed E-state index contributed by atoms with van der Waals surface area (Å²) in [5.41, 5.74) is 3.43. The van der Waals surface area contributed by atoms with Crippen LogP contribution >= 0.6 is 34.4 Å². The fourth-order valence-electron chi connectivity index (χ4n) is 4.71. The van der Waals surface area contributed by atoms with Crippen molar-refractivity contribution in [2.75, 3.05) is 11.5 Å². The third kappa shape index (κ3) is 15.5. The predicted octanol–water partition coefficient (Wildman–Crippen LogP) is 8.81. The maximum absolute atomic E-state index is 13.9. The molecule has 0 fully saturated rings. The molecule has 0 aliphatic rings. The number of aliphatic carboxylic acids is 1. The van der Waals surface area contributed by atoms with E-state index in [2.05, 4.69) is 72.2 Å². The fourth-order valence-corrected chi connectivity index (χ4v) is 6.02. The minimum atomic E-state index is -1.15. The largest absolute Gasteiger partial charge is 0.480 e. The first-order valence-corrected chi connectivity index (χ1v) is 17.8. The van der Waals surface area contributed by atoms with Crippen molar-refractivity contribution in [1.82, 2.24) is 10.6 Å². The first-order chi connectivity index (χ1) is 21.8. The molecule has 46 heavy (non-hydrogen) atoms. The average molecular weight is 761 g/mol. The van der Waals surface area contributed by atoms with Crippen LogP contribution in [0.3, 0.4) is 0 Å². The van der Waals surface area contributed by atoms with E-state index in [1.54, 1.807) is 20.8 Å². The Bertz CT molecular complexity index is 1310. The van der Waals surface area contributed by atoms with Gasteiger partial charge in [-0.05, 0) is 105 Å². The minimum absolute atomic E-state index is 0.175. The Hall–Kier alpha value is -3.05. The van der Waals surface area contributed by atoms with Crippen LogP contribution in [0.25, 0.3) is 0 Å². The second-order valence-corrected chi connectivity index (χ2v) is 15.1. The van der Waals surface area contributed by atoms with Crippen LogP contribution in [0.1, 0.15) is 84.3 Å². The highest BCUT2D eigenvalue weighted by Crippen LogP contribution is 2.29. The number of benzene rings is 2. The van der Waals surface area contributed by atoms with Gasteiger partial charge in [-0.25, -0.2) is 9.59 Å². The van der Waals surface area contributed by atoms with Gasteiger partial charge in [0, 0.05) is 17.4 Å². The summed E-state index contributed by atoms with van der Waals surface area (Å²) in [6, 6.07) is 16.5. The summed E-state index contributed by atoms with van der Waals surface area (Å²) in [6.07, 6.45) is 9.92. The highest BCUT2D eigenvalue weighted by molar-refractivity contribution is 14.1. The summed E-state index contributed by atoms with van der Waals surface area (Å²) >= 11 is 3.77. The number of ether oxygens (including phenoxy) is 1. The molecular formula is C37H49IN2O5S. The zero-order chi connectivity index (χ0) is 34.1. The molecule has 0 unspecified atom stereocenters. The number of amides is 2. The minimum Gasteiger partial charge on any atom is -0.480 e. The van der Waals surface area contributed by atoms with Gasteiger partial charge in [0.15, 0.2) is 0 Å². The topological polar surface area (TPSA) is 105 Å². The number of carboxylic acids is 1. The van der Waals surface area contributed by atoms with E-state index in [0.29, 0.717) is 5.75 Å². The van der Waals surface area contributed by atoms with Crippen LogP contribution in [0.5, 0.6) is 0 Å². The van der Waals surface area contributed by atoms with Gasteiger partial charge in [0.25, 0.3) is 0 Å². The monoisotopic (exact) mass is 760 g/mol. The lowest BCUT2D eigenvalue weighted by atomic mass is 9.84. The molecule has 9 heteroatoms. The van der Waals surface area contributed by atoms with Crippen LogP contribution in [0.4, 0.5) is 4.79 Å². The molecule has 0 radical (unpaired) electrons. The fraction of sp³-hybridized carbons (Fsp3) is 0.432. The third-order valence-electron chi connectivity index (χ3n) is 7.05. The normalized spacial score (nSPS) is 14.0. The summed E-state index contributed by atoms with van der Waals surface area (Å²) in [7, 11) is 0. The van der Waals surface area contributed by atoms with Crippen LogP contribution in [-0.4, -0.2) is 52.3 Å². The van der Waals surface area contributed by atoms with Gasteiger partial charge >= 0.3 is 12.1 Å². The zero-order valence-corrected chi connectivity index (χ0v) is 30.8. The number of halogens is 1. The van der Waals surface area contributed by atoms with Crippen LogP contribution in [-0.2, 0) is 14.3 Å². The Morgan fingerprint density at radius 3 is 1.87 bits per heavy atom. The number of hydrogen-bond acceptors (Lipinski definition) is 5. The number of carbonyl (C=O) groups is 3. The molecule has 0 aliphatic heterocycles. The van der Waals surface area contributed by atoms with E-state index in [4.69, 9.17) is 4.74 Å². The lowest BCUT2D eigenvalue weighted by molar-refractivity contribution is -0.141. The number of carboxylic acid groups (broad SMARTS) is 1. The summed E-state index contributed by atoms with van der Waals surface area (Å²) in [6.45, 7) is 11.6. The van der Waals surface area contributed by atoms with Crippen molar-refractivity contribution in [3.05, 3.63) is 105 Å². The van der Waals surface area contributed by atoms with E-state index in [-0.39, 0.29) is 5.75 Å². The predicted molar refractivity (Wildman–Crippen MR) is 199 cm³/mol. The molecule has 0 saturated carbocycles. The Labute approximate surface area is 292 Å². The molecule has 0 spiro atoms. The number of carbonyl (C=O) groups excluding carboxylic acids is 2. The van der Waals surface area contributed by atoms with Crippen molar-refractivity contribution in [3.63, 3.8) is 0 Å². The third-order valence-corrected chi connectivity index (χ3v) is 8.46. The Morgan fingerprint density at radius 2 is 1.37 bits per heavy atom. The van der Waals surface area contributed by atoms with Crippen LogP contribution in [0, 0.1) is 0 Å². The molecule has 2 aromatic carbocycles. The number of rotatable bonds is 17. The quantitative estimate of drug-likeness (QED) is 0.0847. The van der Waals surface area contributed by atoms with Crippen molar-refractivity contribution in [2.24, 2.45) is 0 Å². The molecule has 2 amide bonds. The molecule has 250 valence electrons. The Morgan fingerprint density at radius 1 is 0.848 bits per heavy atom. The number of alkyl carbamates (subject to hydrolysis) is 1. The molecule has 2 atom stereocenters. The zero-order valence-electron chi connectivity index (χ0n) is 27.8. The second-order valence-electron chi connectivity index (χ2n) is 12.3. The van der Waals surface area contributed by atoms with Crippen LogP contribution in [0.15, 0.2) is 93.6 Å². The number of thioether (sulfide) groups is 1. The summed E-state index contributed by atoms with van der Waals surface area (Å²) in [5, 5.41) is 15.5. The molecular weight excluding hydrogens is 711 g/mol. The Balaban J connectivity index is 2.14. The first kappa shape index (κ1) is 39.1. The van der Waals surface area contributed by atoms with Gasteiger partial charge in [-0.1, -0.05) is 90.0 Å². The lowest BCUT2D eigenvalue weighted by Crippen LogP contribution is -2.55. The summed E-state index contributed by atoms with van der Waals surface area (Å²) < 4.78 is 6.81. The van der Waals surface area contributed by atoms with Gasteiger partial charge in [-0.2, -0.15) is 11.8 Å². The van der Waals surface area contributed by atoms with Gasteiger partial charge in [0.05, 0.1) is 0 Å². The lowest BCUT2D eigenvalue weighted by Gasteiger charge is -2.30. The van der Waals surface area contributed by atoms with E-state index in [1.807, 2.05) is 60.7 Å². The number of nitrogens with one attached hydrogen (secondary N) is 2. The highest BCUT2D eigenvalue weighted by atomic mass is 127. The molecule has 0 heterocycles. The van der Waals surface area contributed by atoms with Gasteiger partial charge in [-0.3, -0.25) is 4.79 Å². The molecule has 0 aliphatic carbocycles.